The maximum absolute atomic E-state index is 13.2. The zero-order valence-corrected chi connectivity index (χ0v) is 15.4. The number of pyridine rings is 1. The van der Waals surface area contributed by atoms with E-state index in [1.165, 1.54) is 7.11 Å². The van der Waals surface area contributed by atoms with E-state index in [1.54, 1.807) is 29.4 Å². The molecular formula is C20H24N4O3. The number of methoxy groups -OCH3 is 1. The minimum Gasteiger partial charge on any atom is -0.375 e. The summed E-state index contributed by atoms with van der Waals surface area (Å²) >= 11 is 0. The zero-order chi connectivity index (χ0) is 19.1. The van der Waals surface area contributed by atoms with Crippen molar-refractivity contribution in [1.29, 1.82) is 0 Å². The molecule has 2 heterocycles. The standard InChI is InChI=1S/C20H24N4O3/c1-27-15-18(25)24-12-9-20(10-13-24,23-16-6-3-2-4-7-16)19(26)22-17-8-5-11-21-14-17/h2-8,11,14,23H,9-10,12-13,15H2,1H3,(H,22,26). The highest BCUT2D eigenvalue weighted by atomic mass is 16.5. The van der Waals surface area contributed by atoms with Crippen LogP contribution in [0.4, 0.5) is 11.4 Å². The van der Waals surface area contributed by atoms with Gasteiger partial charge in [-0.2, -0.15) is 0 Å². The number of nitrogens with one attached hydrogen (secondary N) is 2. The highest BCUT2D eigenvalue weighted by Crippen LogP contribution is 2.29. The predicted molar refractivity (Wildman–Crippen MR) is 103 cm³/mol. The maximum atomic E-state index is 13.2. The summed E-state index contributed by atoms with van der Waals surface area (Å²) < 4.78 is 4.94. The van der Waals surface area contributed by atoms with E-state index in [9.17, 15) is 9.59 Å². The minimum absolute atomic E-state index is 0.0565. The SMILES string of the molecule is COCC(=O)N1CCC(Nc2ccccc2)(C(=O)Nc2cccnc2)CC1. The second-order valence-corrected chi connectivity index (χ2v) is 6.58. The van der Waals surface area contributed by atoms with E-state index < -0.39 is 5.54 Å². The molecule has 0 aliphatic carbocycles. The Morgan fingerprint density at radius 3 is 2.44 bits per heavy atom. The van der Waals surface area contributed by atoms with Crippen molar-refractivity contribution in [3.05, 3.63) is 54.9 Å². The number of hydrogen-bond acceptors (Lipinski definition) is 5. The molecule has 0 radical (unpaired) electrons. The molecule has 2 aromatic rings. The van der Waals surface area contributed by atoms with Gasteiger partial charge in [-0.3, -0.25) is 14.6 Å². The van der Waals surface area contributed by atoms with Crippen LogP contribution in [0.1, 0.15) is 12.8 Å². The van der Waals surface area contributed by atoms with Crippen LogP contribution >= 0.6 is 0 Å². The molecule has 1 aliphatic heterocycles. The molecule has 1 aromatic heterocycles. The largest absolute Gasteiger partial charge is 0.375 e. The Labute approximate surface area is 158 Å². The number of carbonyl (C=O) groups excluding carboxylic acids is 2. The lowest BCUT2D eigenvalue weighted by atomic mass is 9.85. The lowest BCUT2D eigenvalue weighted by molar-refractivity contribution is -0.138. The van der Waals surface area contributed by atoms with Crippen LogP contribution in [0.2, 0.25) is 0 Å². The van der Waals surface area contributed by atoms with Gasteiger partial charge < -0.3 is 20.3 Å². The first-order valence-corrected chi connectivity index (χ1v) is 8.94. The number of benzene rings is 1. The van der Waals surface area contributed by atoms with Gasteiger partial charge in [-0.05, 0) is 37.1 Å². The zero-order valence-electron chi connectivity index (χ0n) is 15.4. The number of para-hydroxylation sites is 1. The number of anilines is 2. The quantitative estimate of drug-likeness (QED) is 0.816. The Balaban J connectivity index is 1.78. The summed E-state index contributed by atoms with van der Waals surface area (Å²) in [7, 11) is 1.50. The van der Waals surface area contributed by atoms with Crippen LogP contribution in [0.25, 0.3) is 0 Å². The Kier molecular flexibility index (Phi) is 6.03. The van der Waals surface area contributed by atoms with Crippen molar-refractivity contribution in [3.63, 3.8) is 0 Å². The normalized spacial score (nSPS) is 15.8. The maximum Gasteiger partial charge on any atom is 0.250 e. The molecule has 1 saturated heterocycles. The van der Waals surface area contributed by atoms with E-state index in [0.29, 0.717) is 31.6 Å². The Morgan fingerprint density at radius 1 is 1.11 bits per heavy atom. The van der Waals surface area contributed by atoms with E-state index in [2.05, 4.69) is 15.6 Å². The molecule has 0 saturated carbocycles. The Hall–Kier alpha value is -2.93. The van der Waals surface area contributed by atoms with Gasteiger partial charge in [0.25, 0.3) is 0 Å². The van der Waals surface area contributed by atoms with Gasteiger partial charge in [-0.1, -0.05) is 18.2 Å². The van der Waals surface area contributed by atoms with Gasteiger partial charge in [0.2, 0.25) is 11.8 Å². The van der Waals surface area contributed by atoms with Gasteiger partial charge in [0.05, 0.1) is 11.9 Å². The van der Waals surface area contributed by atoms with Gasteiger partial charge in [0, 0.05) is 32.1 Å². The molecule has 7 nitrogen and oxygen atoms in total. The van der Waals surface area contributed by atoms with E-state index in [1.807, 2.05) is 30.3 Å². The summed E-state index contributed by atoms with van der Waals surface area (Å²) in [6.45, 7) is 1.03. The molecule has 0 unspecified atom stereocenters. The highest BCUT2D eigenvalue weighted by molar-refractivity contribution is 6.00. The predicted octanol–water partition coefficient (Wildman–Crippen LogP) is 2.14. The van der Waals surface area contributed by atoms with E-state index in [4.69, 9.17) is 4.74 Å². The molecule has 2 amide bonds. The third-order valence-electron chi connectivity index (χ3n) is 4.75. The number of aromatic nitrogens is 1. The molecule has 1 aromatic carbocycles. The van der Waals surface area contributed by atoms with Crippen molar-refractivity contribution in [2.75, 3.05) is 37.4 Å². The molecule has 3 rings (SSSR count). The van der Waals surface area contributed by atoms with Gasteiger partial charge in [0.15, 0.2) is 0 Å². The first kappa shape index (κ1) is 18.8. The monoisotopic (exact) mass is 368 g/mol. The van der Waals surface area contributed by atoms with Crippen molar-refractivity contribution in [2.24, 2.45) is 0 Å². The summed E-state index contributed by atoms with van der Waals surface area (Å²) in [4.78, 5) is 31.1. The van der Waals surface area contributed by atoms with Crippen LogP contribution in [-0.2, 0) is 14.3 Å². The highest BCUT2D eigenvalue weighted by Gasteiger charge is 2.42. The minimum atomic E-state index is -0.805. The summed E-state index contributed by atoms with van der Waals surface area (Å²) in [5.41, 5.74) is 0.714. The van der Waals surface area contributed by atoms with Crippen molar-refractivity contribution in [2.45, 2.75) is 18.4 Å². The number of likely N-dealkylation sites (tertiary alicyclic amines) is 1. The molecule has 1 aliphatic rings. The van der Waals surface area contributed by atoms with Crippen molar-refractivity contribution in [1.82, 2.24) is 9.88 Å². The van der Waals surface area contributed by atoms with Crippen molar-refractivity contribution in [3.8, 4) is 0 Å². The third kappa shape index (κ3) is 4.62. The first-order chi connectivity index (χ1) is 13.1. The molecule has 1 fully saturated rings. The summed E-state index contributed by atoms with van der Waals surface area (Å²) in [6.07, 6.45) is 4.28. The molecule has 0 atom stereocenters. The fourth-order valence-corrected chi connectivity index (χ4v) is 3.25. The third-order valence-corrected chi connectivity index (χ3v) is 4.75. The van der Waals surface area contributed by atoms with E-state index >= 15 is 0 Å². The van der Waals surface area contributed by atoms with Gasteiger partial charge in [0.1, 0.15) is 12.1 Å². The van der Waals surface area contributed by atoms with Crippen LogP contribution < -0.4 is 10.6 Å². The molecule has 2 N–H and O–H groups in total. The molecule has 142 valence electrons. The lowest BCUT2D eigenvalue weighted by Crippen LogP contribution is -2.57. The van der Waals surface area contributed by atoms with E-state index in [0.717, 1.165) is 5.69 Å². The van der Waals surface area contributed by atoms with Crippen molar-refractivity contribution < 1.29 is 14.3 Å². The number of ether oxygens (including phenoxy) is 1. The average Bonchev–Trinajstić information content (AvgIpc) is 2.70. The molecule has 27 heavy (non-hydrogen) atoms. The van der Waals surface area contributed by atoms with Crippen LogP contribution in [0.5, 0.6) is 0 Å². The average molecular weight is 368 g/mol. The van der Waals surface area contributed by atoms with Crippen LogP contribution in [-0.4, -0.2) is 54.0 Å². The van der Waals surface area contributed by atoms with Gasteiger partial charge in [-0.25, -0.2) is 0 Å². The summed E-state index contributed by atoms with van der Waals surface area (Å²) in [6, 6.07) is 13.2. The second kappa shape index (κ2) is 8.64. The second-order valence-electron chi connectivity index (χ2n) is 6.58. The van der Waals surface area contributed by atoms with Gasteiger partial charge >= 0.3 is 0 Å². The number of nitrogens with zero attached hydrogens (tertiary/aromatic N) is 2. The molecular weight excluding hydrogens is 344 g/mol. The van der Waals surface area contributed by atoms with E-state index in [-0.39, 0.29) is 18.4 Å². The number of hydrogen-bond donors (Lipinski definition) is 2. The fraction of sp³-hybridized carbons (Fsp3) is 0.350. The Morgan fingerprint density at radius 2 is 1.81 bits per heavy atom. The topological polar surface area (TPSA) is 83.6 Å². The first-order valence-electron chi connectivity index (χ1n) is 8.94. The Bertz CT molecular complexity index is 759. The van der Waals surface area contributed by atoms with Crippen LogP contribution in [0, 0.1) is 0 Å². The van der Waals surface area contributed by atoms with Crippen LogP contribution in [0.3, 0.4) is 0 Å². The summed E-state index contributed by atoms with van der Waals surface area (Å²) in [5, 5.41) is 6.35. The molecule has 0 spiro atoms. The molecule has 0 bridgehead atoms. The van der Waals surface area contributed by atoms with Gasteiger partial charge in [-0.15, -0.1) is 0 Å². The smallest absolute Gasteiger partial charge is 0.250 e. The number of piperidine rings is 1. The number of rotatable bonds is 6. The fourth-order valence-electron chi connectivity index (χ4n) is 3.25. The van der Waals surface area contributed by atoms with Crippen LogP contribution in [0.15, 0.2) is 54.9 Å². The number of carbonyl (C=O) groups is 2. The lowest BCUT2D eigenvalue weighted by Gasteiger charge is -2.41. The van der Waals surface area contributed by atoms with Crippen molar-refractivity contribution >= 4 is 23.2 Å². The summed E-state index contributed by atoms with van der Waals surface area (Å²) in [5.74, 6) is -0.184. The molecule has 7 heteroatoms. The number of amides is 2.